The van der Waals surface area contributed by atoms with Gasteiger partial charge in [0.05, 0.1) is 7.60 Å². The predicted molar refractivity (Wildman–Crippen MR) is 32.1 cm³/mol. The minimum Gasteiger partial charge on any atom is -0.188 e. The summed E-state index contributed by atoms with van der Waals surface area (Å²) in [5.41, 5.74) is 0. The highest BCUT2D eigenvalue weighted by atomic mass is 127. The third-order valence-electron chi connectivity index (χ3n) is 0.0309. The molecular formula is HINPS. The zero-order valence-electron chi connectivity index (χ0n) is 2.68. The lowest BCUT2D eigenvalue weighted by Crippen LogP contribution is -1.03. The fraction of sp³-hybridized carbons (Fsp3) is 0. The molecule has 0 aliphatic heterocycles. The molecule has 0 rings (SSSR count). The largest absolute Gasteiger partial charge is 0.188 e. The maximum Gasteiger partial charge on any atom is 0.0955 e. The van der Waals surface area contributed by atoms with Gasteiger partial charge in [-0.15, -0.1) is 0 Å². The van der Waals surface area contributed by atoms with Gasteiger partial charge in [0.1, 0.15) is 0 Å². The lowest BCUT2D eigenvalue weighted by Gasteiger charge is -1.54. The molecule has 0 aliphatic carbocycles. The molecule has 1 unspecified atom stereocenters. The average molecular weight is 206 g/mol. The monoisotopic (exact) mass is 206 g/mol. The average Bonchev–Trinajstić information content (AvgIpc) is 1.38. The molecule has 0 bridgehead atoms. The van der Waals surface area contributed by atoms with Gasteiger partial charge in [0.2, 0.25) is 0 Å². The number of nitrogens with zero attached hydrogens (tertiary/aromatic N) is 1. The molecule has 0 aromatic carbocycles. The van der Waals surface area contributed by atoms with Crippen LogP contribution in [-0.4, -0.2) is 1.28 Å². The van der Waals surface area contributed by atoms with Crippen molar-refractivity contribution in [2.45, 2.75) is 0 Å². The van der Waals surface area contributed by atoms with E-state index in [9.17, 15) is 0 Å². The molecule has 4 heavy (non-hydrogen) atoms. The third kappa shape index (κ3) is 3.18. The summed E-state index contributed by atoms with van der Waals surface area (Å²) in [6, 6.07) is 0. The maximum absolute atomic E-state index is 6.61. The van der Waals surface area contributed by atoms with Crippen molar-refractivity contribution in [3.63, 3.8) is 0 Å². The smallest absolute Gasteiger partial charge is 0.0955 e. The van der Waals surface area contributed by atoms with Crippen LogP contribution in [-0.2, 0) is 12.4 Å². The van der Waals surface area contributed by atoms with Crippen molar-refractivity contribution >= 4 is 40.8 Å². The van der Waals surface area contributed by atoms with Crippen molar-refractivity contribution in [3.8, 4) is 0 Å². The number of halogens is 1. The van der Waals surface area contributed by atoms with Gasteiger partial charge in [0, 0.05) is 12.4 Å². The third-order valence-corrected chi connectivity index (χ3v) is 1.86. The minimum atomic E-state index is -0.938. The first-order valence-electron chi connectivity index (χ1n) is 0.999. The molecule has 0 aliphatic rings. The fourth-order valence-electron chi connectivity index (χ4n) is 0. The van der Waals surface area contributed by atoms with Crippen LogP contribution < -0.4 is 0 Å². The van der Waals surface area contributed by atoms with Crippen LogP contribution in [0.3, 0.4) is 0 Å². The van der Waals surface area contributed by atoms with E-state index < -0.39 is 6.32 Å². The van der Waals surface area contributed by atoms with Crippen molar-refractivity contribution in [1.82, 2.24) is 0 Å². The second kappa shape index (κ2) is 4.18. The molecule has 0 spiro atoms. The van der Waals surface area contributed by atoms with E-state index in [2.05, 4.69) is 16.6 Å². The Hall–Kier alpha value is 1.18. The summed E-state index contributed by atoms with van der Waals surface area (Å²) < 4.78 is 9.80. The van der Waals surface area contributed by atoms with E-state index in [0.29, 0.717) is 0 Å². The maximum atomic E-state index is 6.61. The van der Waals surface area contributed by atoms with Crippen LogP contribution in [0.1, 0.15) is 0 Å². The standard InChI is InChI=1S/HINPS/c1-3-2-4/h3H/i3D. The molecule has 0 N–H and O–H groups in total. The molecule has 1 atom stereocenters. The molecule has 4 heteroatoms. The predicted octanol–water partition coefficient (Wildman–Crippen LogP) is 1.66. The number of hydrogen-bond donors (Lipinski definition) is 0. The van der Waals surface area contributed by atoms with Crippen LogP contribution in [0.4, 0.5) is 0 Å². The van der Waals surface area contributed by atoms with Crippen molar-refractivity contribution in [3.05, 3.63) is 0 Å². The molecule has 0 saturated carbocycles. The van der Waals surface area contributed by atoms with Gasteiger partial charge in [-0.25, -0.2) is 0 Å². The number of hydrogen-bond acceptors (Lipinski definition) is 2. The molecule has 24 valence electrons. The van der Waals surface area contributed by atoms with Crippen LogP contribution >= 0.6 is 28.4 Å². The summed E-state index contributed by atoms with van der Waals surface area (Å²) in [5.74, 6) is 0. The zero-order valence-corrected chi connectivity index (χ0v) is 5.55. The molecule has 0 saturated heterocycles. The van der Waals surface area contributed by atoms with Gasteiger partial charge >= 0.3 is 0 Å². The van der Waals surface area contributed by atoms with Gasteiger partial charge in [0.25, 0.3) is 0 Å². The summed E-state index contributed by atoms with van der Waals surface area (Å²) in [4.78, 5) is 0. The van der Waals surface area contributed by atoms with Crippen LogP contribution in [0.2, 0.25) is 0 Å². The lowest BCUT2D eigenvalue weighted by molar-refractivity contribution is 2.12. The summed E-state index contributed by atoms with van der Waals surface area (Å²) >= 11 is 6.00. The second-order valence-corrected chi connectivity index (χ2v) is 2.26. The Labute approximate surface area is 46.3 Å². The van der Waals surface area contributed by atoms with Gasteiger partial charge in [-0.2, -0.15) is 4.13 Å². The Morgan fingerprint density at radius 1 is 2.50 bits per heavy atom. The topological polar surface area (TPSA) is 12.4 Å². The molecule has 0 radical (unpaired) electrons. The molecule has 0 heterocycles. The van der Waals surface area contributed by atoms with Gasteiger partial charge in [-0.1, -0.05) is 0 Å². The fourth-order valence-corrected chi connectivity index (χ4v) is 0. The van der Waals surface area contributed by atoms with Gasteiger partial charge in [-0.3, -0.25) is 0 Å². The van der Waals surface area contributed by atoms with Crippen molar-refractivity contribution in [2.75, 3.05) is 0 Å². The highest BCUT2D eigenvalue weighted by Gasteiger charge is 1.49. The van der Waals surface area contributed by atoms with E-state index in [-0.39, 0.29) is 0 Å². The highest BCUT2D eigenvalue weighted by molar-refractivity contribution is 14.2. The van der Waals surface area contributed by atoms with Crippen LogP contribution in [0, 0.1) is 0 Å². The first-order chi connectivity index (χ1) is 2.27. The van der Waals surface area contributed by atoms with Crippen molar-refractivity contribution in [1.29, 1.82) is 1.28 Å². The van der Waals surface area contributed by atoms with Crippen LogP contribution in [0.5, 0.6) is 0 Å². The molecule has 0 aromatic rings. The highest BCUT2D eigenvalue weighted by Crippen LogP contribution is 2.19. The van der Waals surface area contributed by atoms with E-state index in [0.717, 1.165) is 0 Å². The van der Waals surface area contributed by atoms with Crippen LogP contribution in [0.15, 0.2) is 4.13 Å². The van der Waals surface area contributed by atoms with E-state index >= 15 is 0 Å². The summed E-state index contributed by atoms with van der Waals surface area (Å²) in [6.45, 7) is 0. The van der Waals surface area contributed by atoms with Gasteiger partial charge in [-0.05, 0) is 22.0 Å². The minimum absolute atomic E-state index is 0.938. The Bertz CT molecular complexity index is 38.6. The van der Waals surface area contributed by atoms with Crippen LogP contribution in [0.25, 0.3) is 0 Å². The molecule has 0 amide bonds. The summed E-state index contributed by atoms with van der Waals surface area (Å²) in [5, 5.41) is 0. The Morgan fingerprint density at radius 3 is 2.75 bits per heavy atom. The molecule has 1 nitrogen and oxygen atoms in total. The lowest BCUT2D eigenvalue weighted by atomic mass is 13.9. The normalized spacial score (nSPS) is 17.8. The van der Waals surface area contributed by atoms with Gasteiger partial charge < -0.3 is 0 Å². The summed E-state index contributed by atoms with van der Waals surface area (Å²) in [6.07, 6.45) is -0.938. The molecule has 0 aromatic heterocycles. The summed E-state index contributed by atoms with van der Waals surface area (Å²) in [7, 11) is 0. The first-order valence-corrected chi connectivity index (χ1v) is 4.55. The quantitative estimate of drug-likeness (QED) is 0.469. The van der Waals surface area contributed by atoms with Crippen molar-refractivity contribution < 1.29 is 0 Å². The van der Waals surface area contributed by atoms with E-state index in [1.54, 1.807) is 0 Å². The second-order valence-electron chi connectivity index (χ2n) is 0.157. The van der Waals surface area contributed by atoms with E-state index in [1.807, 2.05) is 22.0 Å². The molecule has 0 fully saturated rings. The SMILES string of the molecule is [2H]P(I)N=S. The zero-order chi connectivity index (χ0) is 4.28. The van der Waals surface area contributed by atoms with E-state index in [4.69, 9.17) is 1.28 Å². The van der Waals surface area contributed by atoms with E-state index in [1.165, 1.54) is 0 Å². The Balaban J connectivity index is 2.83. The van der Waals surface area contributed by atoms with Gasteiger partial charge in [0.15, 0.2) is 0 Å². The Kier molecular flexibility index (Phi) is 3.52. The Morgan fingerprint density at radius 2 is 2.75 bits per heavy atom. The number of rotatable bonds is 1. The first kappa shape index (κ1) is 3.37. The van der Waals surface area contributed by atoms with Crippen molar-refractivity contribution in [2.24, 2.45) is 4.13 Å². The molecular weight excluding hydrogens is 204 g/mol.